The van der Waals surface area contributed by atoms with Gasteiger partial charge in [0.2, 0.25) is 0 Å². The van der Waals surface area contributed by atoms with Crippen molar-refractivity contribution in [3.05, 3.63) is 46.3 Å². The van der Waals surface area contributed by atoms with E-state index in [-0.39, 0.29) is 12.4 Å². The summed E-state index contributed by atoms with van der Waals surface area (Å²) in [7, 11) is 1.57. The molecule has 0 N–H and O–H groups in total. The van der Waals surface area contributed by atoms with Gasteiger partial charge in [-0.1, -0.05) is 16.8 Å². The highest BCUT2D eigenvalue weighted by Gasteiger charge is 2.11. The number of halogens is 1. The first kappa shape index (κ1) is 14.6. The van der Waals surface area contributed by atoms with Crippen LogP contribution in [0.25, 0.3) is 0 Å². The van der Waals surface area contributed by atoms with E-state index in [0.29, 0.717) is 34.4 Å². The van der Waals surface area contributed by atoms with E-state index in [1.807, 2.05) is 0 Å². The molecule has 0 atom stereocenters. The van der Waals surface area contributed by atoms with Crippen LogP contribution in [0.3, 0.4) is 0 Å². The maximum absolute atomic E-state index is 11.5. The van der Waals surface area contributed by atoms with Crippen molar-refractivity contribution in [3.63, 3.8) is 0 Å². The molecule has 0 saturated heterocycles. The lowest BCUT2D eigenvalue weighted by atomic mass is 10.1. The topological polar surface area (TPSA) is 61.6 Å². The second-order valence-electron chi connectivity index (χ2n) is 4.20. The third-order valence-electron chi connectivity index (χ3n) is 2.59. The predicted molar refractivity (Wildman–Crippen MR) is 73.0 cm³/mol. The number of ether oxygens (including phenoxy) is 2. The molecular weight excluding hydrogens is 282 g/mol. The molecule has 0 aliphatic carbocycles. The van der Waals surface area contributed by atoms with E-state index in [9.17, 15) is 4.79 Å². The fraction of sp³-hybridized carbons (Fsp3) is 0.286. The first-order valence-corrected chi connectivity index (χ1v) is 6.34. The molecule has 0 aliphatic heterocycles. The molecule has 0 spiro atoms. The van der Waals surface area contributed by atoms with Crippen LogP contribution in [0.5, 0.6) is 5.75 Å². The number of aromatic nitrogens is 1. The van der Waals surface area contributed by atoms with Gasteiger partial charge in [-0.25, -0.2) is 0 Å². The molecule has 2 rings (SSSR count). The van der Waals surface area contributed by atoms with Crippen molar-refractivity contribution < 1.29 is 18.8 Å². The number of nitrogens with zero attached hydrogens (tertiary/aromatic N) is 1. The van der Waals surface area contributed by atoms with Gasteiger partial charge < -0.3 is 14.0 Å². The van der Waals surface area contributed by atoms with E-state index < -0.39 is 0 Å². The summed E-state index contributed by atoms with van der Waals surface area (Å²) in [6.45, 7) is 2.02. The van der Waals surface area contributed by atoms with Crippen molar-refractivity contribution in [2.45, 2.75) is 20.1 Å². The summed E-state index contributed by atoms with van der Waals surface area (Å²) in [6, 6.07) is 6.66. The Morgan fingerprint density at radius 2 is 2.15 bits per heavy atom. The summed E-state index contributed by atoms with van der Waals surface area (Å²) >= 11 is 5.87. The molecule has 1 aromatic heterocycles. The molecule has 0 radical (unpaired) electrons. The van der Waals surface area contributed by atoms with E-state index in [0.717, 1.165) is 0 Å². The molecule has 6 heteroatoms. The summed E-state index contributed by atoms with van der Waals surface area (Å²) in [5.41, 5.74) is 1.07. The number of hydrogen-bond acceptors (Lipinski definition) is 5. The number of carbonyl (C=O) groups excluding carboxylic acids is 1. The summed E-state index contributed by atoms with van der Waals surface area (Å²) < 4.78 is 15.6. The van der Waals surface area contributed by atoms with E-state index in [2.05, 4.69) is 5.16 Å². The van der Waals surface area contributed by atoms with Gasteiger partial charge in [-0.15, -0.1) is 0 Å². The highest BCUT2D eigenvalue weighted by Crippen LogP contribution is 2.24. The average Bonchev–Trinajstić information content (AvgIpc) is 2.85. The maximum Gasteiger partial charge on any atom is 0.163 e. The second kappa shape index (κ2) is 6.54. The minimum Gasteiger partial charge on any atom is -0.486 e. The third kappa shape index (κ3) is 3.59. The molecule has 1 aromatic carbocycles. The van der Waals surface area contributed by atoms with Gasteiger partial charge in [-0.2, -0.15) is 0 Å². The van der Waals surface area contributed by atoms with Crippen LogP contribution in [0, 0.1) is 0 Å². The normalized spacial score (nSPS) is 10.6. The Kier molecular flexibility index (Phi) is 4.76. The van der Waals surface area contributed by atoms with Crippen molar-refractivity contribution in [1.82, 2.24) is 5.16 Å². The van der Waals surface area contributed by atoms with Crippen LogP contribution in [-0.2, 0) is 18.0 Å². The first-order chi connectivity index (χ1) is 9.60. The van der Waals surface area contributed by atoms with Gasteiger partial charge in [0.1, 0.15) is 24.7 Å². The Balaban J connectivity index is 2.08. The monoisotopic (exact) mass is 295 g/mol. The zero-order chi connectivity index (χ0) is 14.5. The third-order valence-corrected chi connectivity index (χ3v) is 2.83. The van der Waals surface area contributed by atoms with Crippen molar-refractivity contribution in [2.75, 3.05) is 7.11 Å². The number of benzene rings is 1. The van der Waals surface area contributed by atoms with Gasteiger partial charge in [0.25, 0.3) is 0 Å². The number of Topliss-reactive ketones (excluding diaryl/α,β-unsaturated/α-hetero) is 1. The average molecular weight is 296 g/mol. The zero-order valence-electron chi connectivity index (χ0n) is 11.2. The number of hydrogen-bond donors (Lipinski definition) is 0. The van der Waals surface area contributed by atoms with E-state index >= 15 is 0 Å². The summed E-state index contributed by atoms with van der Waals surface area (Å²) in [4.78, 5) is 11.5. The molecular formula is C14H14ClNO4. The van der Waals surface area contributed by atoms with Crippen LogP contribution < -0.4 is 4.74 Å². The molecule has 2 aromatic rings. The van der Waals surface area contributed by atoms with Crippen molar-refractivity contribution >= 4 is 17.4 Å². The van der Waals surface area contributed by atoms with Crippen molar-refractivity contribution in [3.8, 4) is 5.75 Å². The standard InChI is InChI=1S/C14H14ClNO4/c1-9(17)13-5-10(15)3-4-14(13)19-7-11-6-12(8-18-2)20-16-11/h3-6H,7-8H2,1-2H3. The van der Waals surface area contributed by atoms with Crippen LogP contribution in [-0.4, -0.2) is 18.0 Å². The molecule has 20 heavy (non-hydrogen) atoms. The highest BCUT2D eigenvalue weighted by atomic mass is 35.5. The Bertz CT molecular complexity index is 609. The highest BCUT2D eigenvalue weighted by molar-refractivity contribution is 6.31. The second-order valence-corrected chi connectivity index (χ2v) is 4.64. The number of rotatable bonds is 6. The minimum atomic E-state index is -0.109. The quantitative estimate of drug-likeness (QED) is 0.766. The molecule has 106 valence electrons. The van der Waals surface area contributed by atoms with E-state index in [4.69, 9.17) is 25.6 Å². The van der Waals surface area contributed by atoms with Crippen molar-refractivity contribution in [2.24, 2.45) is 0 Å². The molecule has 0 fully saturated rings. The fourth-order valence-corrected chi connectivity index (χ4v) is 1.86. The van der Waals surface area contributed by atoms with Crippen LogP contribution in [0.4, 0.5) is 0 Å². The summed E-state index contributed by atoms with van der Waals surface area (Å²) in [5, 5.41) is 4.34. The maximum atomic E-state index is 11.5. The van der Waals surface area contributed by atoms with Crippen LogP contribution in [0.15, 0.2) is 28.8 Å². The largest absolute Gasteiger partial charge is 0.486 e. The Labute approximate surface area is 121 Å². The lowest BCUT2D eigenvalue weighted by molar-refractivity contribution is 0.101. The predicted octanol–water partition coefficient (Wildman–Crippen LogP) is 3.26. The number of carbonyl (C=O) groups is 1. The molecule has 5 nitrogen and oxygen atoms in total. The Hall–Kier alpha value is -1.85. The van der Waals surface area contributed by atoms with Gasteiger partial charge in [0.15, 0.2) is 11.5 Å². The van der Waals surface area contributed by atoms with Gasteiger partial charge in [0, 0.05) is 18.2 Å². The molecule has 0 aliphatic rings. The lowest BCUT2D eigenvalue weighted by Crippen LogP contribution is -2.01. The molecule has 0 bridgehead atoms. The van der Waals surface area contributed by atoms with Gasteiger partial charge in [-0.05, 0) is 25.1 Å². The summed E-state index contributed by atoms with van der Waals surface area (Å²) in [5.74, 6) is 0.981. The first-order valence-electron chi connectivity index (χ1n) is 5.97. The van der Waals surface area contributed by atoms with Gasteiger partial charge >= 0.3 is 0 Å². The molecule has 1 heterocycles. The number of ketones is 1. The number of methoxy groups -OCH3 is 1. The van der Waals surface area contributed by atoms with Crippen LogP contribution in [0.2, 0.25) is 5.02 Å². The molecule has 0 unspecified atom stereocenters. The van der Waals surface area contributed by atoms with E-state index in [1.54, 1.807) is 31.4 Å². The Morgan fingerprint density at radius 1 is 1.35 bits per heavy atom. The SMILES string of the molecule is COCc1cc(COc2ccc(Cl)cc2C(C)=O)no1. The van der Waals surface area contributed by atoms with Gasteiger partial charge in [-0.3, -0.25) is 4.79 Å². The van der Waals surface area contributed by atoms with Crippen molar-refractivity contribution in [1.29, 1.82) is 0 Å². The van der Waals surface area contributed by atoms with Gasteiger partial charge in [0.05, 0.1) is 5.56 Å². The Morgan fingerprint density at radius 3 is 2.85 bits per heavy atom. The zero-order valence-corrected chi connectivity index (χ0v) is 11.9. The van der Waals surface area contributed by atoms with Crippen LogP contribution >= 0.6 is 11.6 Å². The smallest absolute Gasteiger partial charge is 0.163 e. The minimum absolute atomic E-state index is 0.109. The fourth-order valence-electron chi connectivity index (χ4n) is 1.69. The molecule has 0 saturated carbocycles. The summed E-state index contributed by atoms with van der Waals surface area (Å²) in [6.07, 6.45) is 0. The lowest BCUT2D eigenvalue weighted by Gasteiger charge is -2.08. The van der Waals surface area contributed by atoms with Crippen LogP contribution in [0.1, 0.15) is 28.7 Å². The molecule has 0 amide bonds. The van der Waals surface area contributed by atoms with E-state index in [1.165, 1.54) is 6.92 Å².